The molecule has 2 saturated heterocycles. The van der Waals surface area contributed by atoms with Gasteiger partial charge in [0.05, 0.1) is 79.1 Å². The summed E-state index contributed by atoms with van der Waals surface area (Å²) in [5.41, 5.74) is 8.94. The minimum atomic E-state index is -1.06. The molecular weight excluding hydrogens is 843 g/mol. The molecule has 3 atom stereocenters. The molecule has 0 unspecified atom stereocenters. The second-order valence-corrected chi connectivity index (χ2v) is 19.2. The zero-order valence-corrected chi connectivity index (χ0v) is 39.1. The largest absolute Gasteiger partial charge is 0.489 e. The lowest BCUT2D eigenvalue weighted by Gasteiger charge is -2.34. The smallest absolute Gasteiger partial charge is 0.408 e. The van der Waals surface area contributed by atoms with Crippen molar-refractivity contribution in [1.82, 2.24) is 30.3 Å². The first-order valence-corrected chi connectivity index (χ1v) is 22.7. The predicted octanol–water partition coefficient (Wildman–Crippen LogP) is 6.00. The van der Waals surface area contributed by atoms with Crippen molar-refractivity contribution in [3.8, 4) is 28.3 Å². The summed E-state index contributed by atoms with van der Waals surface area (Å²) in [5.74, 6) is -0.541. The van der Waals surface area contributed by atoms with Crippen molar-refractivity contribution >= 4 is 51.9 Å². The predicted molar refractivity (Wildman–Crippen MR) is 241 cm³/mol. The number of rotatable bonds is 14. The minimum absolute atomic E-state index is 0.0679. The molecule has 7 rings (SSSR count). The number of thiazole rings is 1. The lowest BCUT2D eigenvalue weighted by atomic mass is 9.84. The molecule has 18 heteroatoms. The topological polar surface area (TPSA) is 185 Å². The SMILES string of the molecule is COC(=O)[C@@H]1CCCN(C(=O)[C@H](Cc2nc(-c3cc4c5c(c3)c(CC(C)(C)COC(C)=O)c(-c3cc(N6CCOCC6)cnc3[C@H](C)OC)n5CCO4)cs2)NC(=O)OC(C)(C)C)N1. The molecule has 4 aromatic rings. The van der Waals surface area contributed by atoms with Crippen molar-refractivity contribution in [2.45, 2.75) is 104 Å². The average molecular weight is 904 g/mol. The summed E-state index contributed by atoms with van der Waals surface area (Å²) < 4.78 is 36.5. The number of aromatic nitrogens is 3. The molecule has 6 heterocycles. The molecular formula is C46H61N7O10S. The highest BCUT2D eigenvalue weighted by Crippen LogP contribution is 2.47. The van der Waals surface area contributed by atoms with Crippen molar-refractivity contribution < 1.29 is 47.6 Å². The Morgan fingerprint density at radius 3 is 2.50 bits per heavy atom. The average Bonchev–Trinajstić information content (AvgIpc) is 3.86. The van der Waals surface area contributed by atoms with E-state index in [9.17, 15) is 19.2 Å². The van der Waals surface area contributed by atoms with Crippen molar-refractivity contribution in [2.75, 3.05) is 65.2 Å². The van der Waals surface area contributed by atoms with Gasteiger partial charge in [0.2, 0.25) is 0 Å². The quantitative estimate of drug-likeness (QED) is 0.111. The number of hydrazine groups is 1. The molecule has 64 heavy (non-hydrogen) atoms. The summed E-state index contributed by atoms with van der Waals surface area (Å²) in [6, 6.07) is 4.60. The number of carbonyl (C=O) groups excluding carboxylic acids is 4. The van der Waals surface area contributed by atoms with Gasteiger partial charge in [-0.3, -0.25) is 24.4 Å². The van der Waals surface area contributed by atoms with Gasteiger partial charge >= 0.3 is 18.0 Å². The van der Waals surface area contributed by atoms with Crippen LogP contribution in [0, 0.1) is 5.41 Å². The highest BCUT2D eigenvalue weighted by molar-refractivity contribution is 7.10. The molecule has 2 fully saturated rings. The van der Waals surface area contributed by atoms with E-state index in [-0.39, 0.29) is 25.1 Å². The van der Waals surface area contributed by atoms with Crippen LogP contribution in [0.4, 0.5) is 10.5 Å². The van der Waals surface area contributed by atoms with Gasteiger partial charge in [0, 0.05) is 67.4 Å². The number of nitrogens with zero attached hydrogens (tertiary/aromatic N) is 5. The number of morpholine rings is 1. The monoisotopic (exact) mass is 903 g/mol. The molecule has 2 amide bonds. The molecule has 346 valence electrons. The van der Waals surface area contributed by atoms with E-state index in [1.165, 1.54) is 30.4 Å². The number of hydrogen-bond donors (Lipinski definition) is 2. The van der Waals surface area contributed by atoms with Crippen LogP contribution in [0.25, 0.3) is 33.4 Å². The summed E-state index contributed by atoms with van der Waals surface area (Å²) in [6.45, 7) is 17.2. The Morgan fingerprint density at radius 1 is 1.03 bits per heavy atom. The van der Waals surface area contributed by atoms with Crippen LogP contribution in [0.1, 0.15) is 83.7 Å². The standard InChI is InChI=1S/C46H61N7O10S/c1-27(58-8)39-32(21-30(24-47-39)51-13-16-60-17-14-51)40-33(23-46(6,7)26-62-28(2)54)31-19-29(20-37-41(31)52(40)15-18-61-37)36-25-64-38(48-36)22-35(49-44(57)63-45(3,4)5)42(55)53-12-10-11-34(50-53)43(56)59-9/h19-21,24-25,27,34-35,50H,10-18,22-23,26H2,1-9H3,(H,49,57)/t27-,34-,35-/m0/s1. The number of nitrogens with one attached hydrogen (secondary N) is 2. The first-order valence-electron chi connectivity index (χ1n) is 21.9. The Labute approximate surface area is 378 Å². The van der Waals surface area contributed by atoms with Crippen LogP contribution in [0.5, 0.6) is 5.75 Å². The fraction of sp³-hybridized carbons (Fsp3) is 0.565. The highest BCUT2D eigenvalue weighted by atomic mass is 32.1. The summed E-state index contributed by atoms with van der Waals surface area (Å²) in [4.78, 5) is 64.1. The van der Waals surface area contributed by atoms with Crippen LogP contribution in [0.2, 0.25) is 0 Å². The van der Waals surface area contributed by atoms with E-state index < -0.39 is 41.1 Å². The Kier molecular flexibility index (Phi) is 14.2. The summed E-state index contributed by atoms with van der Waals surface area (Å²) >= 11 is 1.37. The van der Waals surface area contributed by atoms with Gasteiger partial charge in [-0.05, 0) is 70.7 Å². The molecule has 17 nitrogen and oxygen atoms in total. The van der Waals surface area contributed by atoms with Gasteiger partial charge < -0.3 is 43.2 Å². The van der Waals surface area contributed by atoms with Gasteiger partial charge in [0.1, 0.15) is 30.0 Å². The molecule has 0 saturated carbocycles. The second kappa shape index (κ2) is 19.4. The number of pyridine rings is 1. The molecule has 3 aliphatic rings. The molecule has 3 aromatic heterocycles. The lowest BCUT2D eigenvalue weighted by Crippen LogP contribution is -2.60. The number of benzene rings is 1. The van der Waals surface area contributed by atoms with Gasteiger partial charge in [-0.1, -0.05) is 13.8 Å². The van der Waals surface area contributed by atoms with Crippen LogP contribution >= 0.6 is 11.3 Å². The molecule has 2 N–H and O–H groups in total. The van der Waals surface area contributed by atoms with Gasteiger partial charge in [0.25, 0.3) is 5.91 Å². The first-order chi connectivity index (χ1) is 30.4. The minimum Gasteiger partial charge on any atom is -0.489 e. The van der Waals surface area contributed by atoms with E-state index in [4.69, 9.17) is 38.4 Å². The van der Waals surface area contributed by atoms with Crippen molar-refractivity contribution in [1.29, 1.82) is 0 Å². The number of ether oxygens (including phenoxy) is 6. The maximum Gasteiger partial charge on any atom is 0.408 e. The molecule has 1 aromatic carbocycles. The normalized spacial score (nSPS) is 17.7. The lowest BCUT2D eigenvalue weighted by molar-refractivity contribution is -0.150. The summed E-state index contributed by atoms with van der Waals surface area (Å²) in [6.07, 6.45) is 2.55. The third-order valence-corrected chi connectivity index (χ3v) is 12.4. The molecule has 0 bridgehead atoms. The molecule has 0 aliphatic carbocycles. The van der Waals surface area contributed by atoms with Crippen molar-refractivity contribution in [3.63, 3.8) is 0 Å². The van der Waals surface area contributed by atoms with E-state index in [0.717, 1.165) is 57.8 Å². The van der Waals surface area contributed by atoms with E-state index in [1.807, 2.05) is 24.6 Å². The third kappa shape index (κ3) is 10.6. The third-order valence-electron chi connectivity index (χ3n) is 11.5. The fourth-order valence-electron chi connectivity index (χ4n) is 8.45. The molecule has 3 aliphatic heterocycles. The number of methoxy groups -OCH3 is 2. The number of anilines is 1. The molecule has 0 radical (unpaired) electrons. The number of carbonyl (C=O) groups is 4. The van der Waals surface area contributed by atoms with E-state index in [2.05, 4.69) is 46.2 Å². The number of esters is 2. The van der Waals surface area contributed by atoms with Crippen LogP contribution in [0.3, 0.4) is 0 Å². The highest BCUT2D eigenvalue weighted by Gasteiger charge is 2.36. The Morgan fingerprint density at radius 2 is 1.80 bits per heavy atom. The Hall–Kier alpha value is -5.30. The van der Waals surface area contributed by atoms with Gasteiger partial charge in [0.15, 0.2) is 0 Å². The van der Waals surface area contributed by atoms with Gasteiger partial charge in [-0.25, -0.2) is 15.2 Å². The van der Waals surface area contributed by atoms with Gasteiger partial charge in [-0.2, -0.15) is 0 Å². The van der Waals surface area contributed by atoms with Gasteiger partial charge in [-0.15, -0.1) is 11.3 Å². The Bertz CT molecular complexity index is 2370. The van der Waals surface area contributed by atoms with Crippen molar-refractivity contribution in [2.24, 2.45) is 5.41 Å². The first kappa shape index (κ1) is 46.7. The number of alkyl carbamates (subject to hydrolysis) is 1. The van der Waals surface area contributed by atoms with E-state index in [1.54, 1.807) is 27.9 Å². The van der Waals surface area contributed by atoms with Crippen molar-refractivity contribution in [3.05, 3.63) is 46.0 Å². The summed E-state index contributed by atoms with van der Waals surface area (Å²) in [7, 11) is 2.99. The summed E-state index contributed by atoms with van der Waals surface area (Å²) in [5, 5.41) is 7.65. The van der Waals surface area contributed by atoms with E-state index in [0.29, 0.717) is 68.6 Å². The van der Waals surface area contributed by atoms with Crippen LogP contribution < -0.4 is 20.4 Å². The van der Waals surface area contributed by atoms with Crippen LogP contribution in [-0.2, 0) is 57.5 Å². The zero-order chi connectivity index (χ0) is 45.9. The molecule has 0 spiro atoms. The second-order valence-electron chi connectivity index (χ2n) is 18.3. The van der Waals surface area contributed by atoms with Crippen LogP contribution in [0.15, 0.2) is 29.8 Å². The fourth-order valence-corrected chi connectivity index (χ4v) is 9.30. The number of amides is 2. The van der Waals surface area contributed by atoms with Crippen LogP contribution in [-0.4, -0.2) is 121 Å². The zero-order valence-electron chi connectivity index (χ0n) is 38.3. The number of hydrogen-bond acceptors (Lipinski definition) is 15. The maximum absolute atomic E-state index is 14.1. The van der Waals surface area contributed by atoms with E-state index >= 15 is 0 Å². The Balaban J connectivity index is 1.31. The maximum atomic E-state index is 14.1.